The molecule has 90 valence electrons. The number of methoxy groups -OCH3 is 2. The molecule has 3 nitrogen and oxygen atoms in total. The summed E-state index contributed by atoms with van der Waals surface area (Å²) in [5.74, 6) is 1.72. The van der Waals surface area contributed by atoms with Crippen LogP contribution in [0.4, 0.5) is 0 Å². The summed E-state index contributed by atoms with van der Waals surface area (Å²) in [5, 5.41) is 3.43. The van der Waals surface area contributed by atoms with E-state index in [2.05, 4.69) is 26.1 Å². The average molecular weight is 223 g/mol. The Labute approximate surface area is 97.8 Å². The molecule has 0 heterocycles. The van der Waals surface area contributed by atoms with Gasteiger partial charge < -0.3 is 14.8 Å². The number of ether oxygens (including phenoxy) is 2. The van der Waals surface area contributed by atoms with Crippen molar-refractivity contribution in [3.05, 3.63) is 23.8 Å². The van der Waals surface area contributed by atoms with Gasteiger partial charge in [0.05, 0.1) is 14.2 Å². The zero-order valence-corrected chi connectivity index (χ0v) is 10.8. The summed E-state index contributed by atoms with van der Waals surface area (Å²) in [5.41, 5.74) is 1.13. The van der Waals surface area contributed by atoms with E-state index >= 15 is 0 Å². The number of nitrogens with one attached hydrogen (secondary N) is 1. The minimum atomic E-state index is 0.0753. The highest BCUT2D eigenvalue weighted by molar-refractivity contribution is 5.44. The third kappa shape index (κ3) is 3.42. The van der Waals surface area contributed by atoms with Crippen LogP contribution in [0.3, 0.4) is 0 Å². The van der Waals surface area contributed by atoms with Crippen molar-refractivity contribution in [2.45, 2.75) is 32.9 Å². The predicted octanol–water partition coefficient (Wildman–Crippen LogP) is 2.59. The Kier molecular flexibility index (Phi) is 4.19. The maximum atomic E-state index is 5.33. The summed E-state index contributed by atoms with van der Waals surface area (Å²) in [6, 6.07) is 5.82. The lowest BCUT2D eigenvalue weighted by Gasteiger charge is -2.22. The molecule has 0 atom stereocenters. The first-order valence-corrected chi connectivity index (χ1v) is 5.43. The Morgan fingerprint density at radius 2 is 1.56 bits per heavy atom. The van der Waals surface area contributed by atoms with Crippen LogP contribution >= 0.6 is 0 Å². The van der Waals surface area contributed by atoms with Gasteiger partial charge in [0.1, 0.15) is 11.5 Å². The van der Waals surface area contributed by atoms with Gasteiger partial charge in [0.25, 0.3) is 0 Å². The van der Waals surface area contributed by atoms with E-state index in [0.717, 1.165) is 23.6 Å². The van der Waals surface area contributed by atoms with Crippen molar-refractivity contribution in [3.8, 4) is 11.5 Å². The second kappa shape index (κ2) is 5.21. The summed E-state index contributed by atoms with van der Waals surface area (Å²) in [6.07, 6.45) is 0. The molecule has 0 fully saturated rings. The van der Waals surface area contributed by atoms with Gasteiger partial charge in [-0.3, -0.25) is 0 Å². The molecule has 0 radical (unpaired) electrons. The van der Waals surface area contributed by atoms with Crippen LogP contribution in [0.25, 0.3) is 0 Å². The van der Waals surface area contributed by atoms with E-state index in [9.17, 15) is 0 Å². The van der Waals surface area contributed by atoms with Gasteiger partial charge in [-0.15, -0.1) is 0 Å². The largest absolute Gasteiger partial charge is 0.496 e. The summed E-state index contributed by atoms with van der Waals surface area (Å²) < 4.78 is 10.7. The van der Waals surface area contributed by atoms with Crippen LogP contribution in [0.2, 0.25) is 0 Å². The van der Waals surface area contributed by atoms with Gasteiger partial charge in [-0.25, -0.2) is 0 Å². The molecule has 0 saturated carbocycles. The van der Waals surface area contributed by atoms with E-state index in [1.165, 1.54) is 0 Å². The summed E-state index contributed by atoms with van der Waals surface area (Å²) in [6.45, 7) is 7.13. The van der Waals surface area contributed by atoms with Gasteiger partial charge in [0.2, 0.25) is 0 Å². The highest BCUT2D eigenvalue weighted by Crippen LogP contribution is 2.28. The molecule has 0 spiro atoms. The molecule has 0 aliphatic carbocycles. The van der Waals surface area contributed by atoms with Crippen molar-refractivity contribution in [1.29, 1.82) is 0 Å². The minimum Gasteiger partial charge on any atom is -0.496 e. The van der Waals surface area contributed by atoms with Crippen LogP contribution in [-0.2, 0) is 6.54 Å². The lowest BCUT2D eigenvalue weighted by molar-refractivity contribution is 0.368. The van der Waals surface area contributed by atoms with Gasteiger partial charge >= 0.3 is 0 Å². The Balaban J connectivity index is 2.91. The second-order valence-corrected chi connectivity index (χ2v) is 4.74. The first-order valence-electron chi connectivity index (χ1n) is 5.43. The molecule has 0 aromatic heterocycles. The van der Waals surface area contributed by atoms with Gasteiger partial charge in [0, 0.05) is 17.6 Å². The summed E-state index contributed by atoms with van der Waals surface area (Å²) >= 11 is 0. The lowest BCUT2D eigenvalue weighted by Crippen LogP contribution is -2.35. The normalized spacial score (nSPS) is 11.3. The van der Waals surface area contributed by atoms with E-state index in [4.69, 9.17) is 9.47 Å². The zero-order chi connectivity index (χ0) is 12.2. The molecule has 1 rings (SSSR count). The van der Waals surface area contributed by atoms with Gasteiger partial charge in [-0.1, -0.05) is 6.07 Å². The van der Waals surface area contributed by atoms with Crippen molar-refractivity contribution in [2.24, 2.45) is 0 Å². The fourth-order valence-corrected chi connectivity index (χ4v) is 1.46. The molecule has 0 unspecified atom stereocenters. The molecule has 0 bridgehead atoms. The smallest absolute Gasteiger partial charge is 0.127 e. The highest BCUT2D eigenvalue weighted by Gasteiger charge is 2.14. The van der Waals surface area contributed by atoms with Gasteiger partial charge in [-0.2, -0.15) is 0 Å². The van der Waals surface area contributed by atoms with Crippen molar-refractivity contribution in [3.63, 3.8) is 0 Å². The number of hydrogen-bond donors (Lipinski definition) is 1. The molecule has 0 aliphatic rings. The summed E-state index contributed by atoms with van der Waals surface area (Å²) in [4.78, 5) is 0. The van der Waals surface area contributed by atoms with Crippen molar-refractivity contribution in [1.82, 2.24) is 5.32 Å². The average Bonchev–Trinajstić information content (AvgIpc) is 2.24. The van der Waals surface area contributed by atoms with E-state index in [0.29, 0.717) is 0 Å². The first kappa shape index (κ1) is 12.8. The lowest BCUT2D eigenvalue weighted by atomic mass is 10.1. The number of hydrogen-bond acceptors (Lipinski definition) is 3. The molecular formula is C13H21NO2. The van der Waals surface area contributed by atoms with Crippen LogP contribution in [0.15, 0.2) is 18.2 Å². The van der Waals surface area contributed by atoms with Crippen LogP contribution in [0.5, 0.6) is 11.5 Å². The third-order valence-corrected chi connectivity index (χ3v) is 2.33. The second-order valence-electron chi connectivity index (χ2n) is 4.74. The Hall–Kier alpha value is -1.22. The SMILES string of the molecule is COc1cccc(OC)c1CNC(C)(C)C. The molecule has 16 heavy (non-hydrogen) atoms. The molecule has 0 amide bonds. The first-order chi connectivity index (χ1) is 7.48. The standard InChI is InChI=1S/C13H21NO2/c1-13(2,3)14-9-10-11(15-4)7-6-8-12(10)16-5/h6-8,14H,9H2,1-5H3. The van der Waals surface area contributed by atoms with E-state index < -0.39 is 0 Å². The molecule has 3 heteroatoms. The van der Waals surface area contributed by atoms with E-state index in [1.807, 2.05) is 18.2 Å². The fraction of sp³-hybridized carbons (Fsp3) is 0.538. The maximum Gasteiger partial charge on any atom is 0.127 e. The van der Waals surface area contributed by atoms with Gasteiger partial charge in [0.15, 0.2) is 0 Å². The minimum absolute atomic E-state index is 0.0753. The van der Waals surface area contributed by atoms with E-state index in [1.54, 1.807) is 14.2 Å². The molecule has 0 aliphatic heterocycles. The number of benzene rings is 1. The molecule has 1 aromatic rings. The maximum absolute atomic E-state index is 5.33. The van der Waals surface area contributed by atoms with Crippen molar-refractivity contribution < 1.29 is 9.47 Å². The molecule has 1 N–H and O–H groups in total. The van der Waals surface area contributed by atoms with Crippen LogP contribution < -0.4 is 14.8 Å². The molecule has 1 aromatic carbocycles. The Bertz CT molecular complexity index is 320. The van der Waals surface area contributed by atoms with Gasteiger partial charge in [-0.05, 0) is 32.9 Å². The predicted molar refractivity (Wildman–Crippen MR) is 66.1 cm³/mol. The fourth-order valence-electron chi connectivity index (χ4n) is 1.46. The van der Waals surface area contributed by atoms with Crippen LogP contribution in [0.1, 0.15) is 26.3 Å². The highest BCUT2D eigenvalue weighted by atomic mass is 16.5. The zero-order valence-electron chi connectivity index (χ0n) is 10.8. The summed E-state index contributed by atoms with van der Waals surface area (Å²) in [7, 11) is 3.35. The van der Waals surface area contributed by atoms with E-state index in [-0.39, 0.29) is 5.54 Å². The third-order valence-electron chi connectivity index (χ3n) is 2.33. The quantitative estimate of drug-likeness (QED) is 0.851. The topological polar surface area (TPSA) is 30.5 Å². The monoisotopic (exact) mass is 223 g/mol. The number of rotatable bonds is 4. The van der Waals surface area contributed by atoms with Crippen LogP contribution in [0, 0.1) is 0 Å². The molecular weight excluding hydrogens is 202 g/mol. The Morgan fingerprint density at radius 1 is 1.06 bits per heavy atom. The van der Waals surface area contributed by atoms with Crippen molar-refractivity contribution >= 4 is 0 Å². The Morgan fingerprint density at radius 3 is 1.94 bits per heavy atom. The van der Waals surface area contributed by atoms with Crippen LogP contribution in [-0.4, -0.2) is 19.8 Å². The molecule has 0 saturated heterocycles. The van der Waals surface area contributed by atoms with Crippen molar-refractivity contribution in [2.75, 3.05) is 14.2 Å².